The zero-order chi connectivity index (χ0) is 24.1. The van der Waals surface area contributed by atoms with Gasteiger partial charge in [0.05, 0.1) is 36.3 Å². The van der Waals surface area contributed by atoms with Crippen molar-refractivity contribution in [2.24, 2.45) is 0 Å². The smallest absolute Gasteiger partial charge is 1.00 e. The molecule has 2 aromatic rings. The molecule has 2 aromatic carbocycles. The van der Waals surface area contributed by atoms with Gasteiger partial charge in [-0.05, 0) is 41.5 Å². The molecule has 0 heterocycles. The molecule has 178 valence electrons. The number of alkyl halides is 6. The number of halogens is 6. The maximum Gasteiger partial charge on any atom is 1.00 e. The number of rotatable bonds is 9. The molecule has 0 fully saturated rings. The minimum absolute atomic E-state index is 0. The van der Waals surface area contributed by atoms with Crippen molar-refractivity contribution in [1.29, 1.82) is 0 Å². The third-order valence-corrected chi connectivity index (χ3v) is 5.31. The fraction of sp³-hybridized carbons (Fsp3) is 0.381. The van der Waals surface area contributed by atoms with Crippen LogP contribution in [0.4, 0.5) is 26.3 Å². The van der Waals surface area contributed by atoms with Crippen molar-refractivity contribution in [2.45, 2.75) is 33.1 Å². The third-order valence-electron chi connectivity index (χ3n) is 4.09. The summed E-state index contributed by atoms with van der Waals surface area (Å²) in [7, 11) is -1.12. The Labute approximate surface area is 202 Å². The zero-order valence-electron chi connectivity index (χ0n) is 19.4. The van der Waals surface area contributed by atoms with Crippen molar-refractivity contribution in [1.82, 2.24) is 0 Å². The second kappa shape index (κ2) is 12.0. The van der Waals surface area contributed by atoms with Crippen LogP contribution in [0.2, 0.25) is 0 Å². The van der Waals surface area contributed by atoms with E-state index >= 15 is 0 Å². The number of ether oxygens (including phenoxy) is 3. The Balaban J connectivity index is 0.00000544. The Kier molecular flexibility index (Phi) is 10.6. The van der Waals surface area contributed by atoms with Crippen LogP contribution in [-0.2, 0) is 12.4 Å². The first-order chi connectivity index (χ1) is 14.9. The van der Waals surface area contributed by atoms with Gasteiger partial charge in [0.15, 0.2) is 5.52 Å². The van der Waals surface area contributed by atoms with E-state index in [0.717, 1.165) is 0 Å². The summed E-state index contributed by atoms with van der Waals surface area (Å²) in [5.41, 5.74) is -6.06. The van der Waals surface area contributed by atoms with Crippen molar-refractivity contribution >= 4 is 19.4 Å². The van der Waals surface area contributed by atoms with Crippen LogP contribution in [0.15, 0.2) is 30.3 Å². The van der Waals surface area contributed by atoms with E-state index in [1.54, 1.807) is 20.8 Å². The van der Waals surface area contributed by atoms with Gasteiger partial charge in [-0.2, -0.15) is 26.3 Å². The first kappa shape index (κ1) is 29.1. The summed E-state index contributed by atoms with van der Waals surface area (Å²) in [6.07, 6.45) is -10.3. The van der Waals surface area contributed by atoms with Crippen LogP contribution in [-0.4, -0.2) is 25.3 Å². The maximum atomic E-state index is 13.5. The van der Waals surface area contributed by atoms with Crippen molar-refractivity contribution in [3.8, 4) is 17.2 Å². The molecule has 0 aliphatic rings. The topological polar surface area (TPSA) is 44.8 Å². The summed E-state index contributed by atoms with van der Waals surface area (Å²) in [5, 5.41) is 0.0623. The molecule has 2 rings (SSSR count). The molecule has 0 aromatic heterocycles. The van der Waals surface area contributed by atoms with Gasteiger partial charge in [0, 0.05) is 17.7 Å². The number of hydrogen-bond acceptors (Lipinski definition) is 4. The van der Waals surface area contributed by atoms with Gasteiger partial charge in [-0.1, -0.05) is 6.07 Å². The van der Waals surface area contributed by atoms with Crippen LogP contribution in [0.3, 0.4) is 0 Å². The van der Waals surface area contributed by atoms with Crippen LogP contribution in [0.25, 0.3) is 0 Å². The minimum Gasteiger partial charge on any atom is -1.00 e. The Morgan fingerprint density at radius 3 is 1.64 bits per heavy atom. The van der Waals surface area contributed by atoms with E-state index in [0.29, 0.717) is 30.6 Å². The normalized spacial score (nSPS) is 11.9. The third kappa shape index (κ3) is 7.30. The molecular formula is C21H22F6LiO4P. The average molecular weight is 490 g/mol. The molecule has 33 heavy (non-hydrogen) atoms. The predicted molar refractivity (Wildman–Crippen MR) is 110 cm³/mol. The maximum absolute atomic E-state index is 13.5. The first-order valence-electron chi connectivity index (χ1n) is 9.59. The minimum atomic E-state index is -5.15. The van der Waals surface area contributed by atoms with Gasteiger partial charge in [0.2, 0.25) is 0 Å². The molecule has 0 aliphatic heterocycles. The van der Waals surface area contributed by atoms with Gasteiger partial charge in [0.25, 0.3) is 0 Å². The Morgan fingerprint density at radius 2 is 1.27 bits per heavy atom. The van der Waals surface area contributed by atoms with E-state index in [9.17, 15) is 31.1 Å². The van der Waals surface area contributed by atoms with E-state index < -0.39 is 43.1 Å². The van der Waals surface area contributed by atoms with E-state index in [-0.39, 0.29) is 50.3 Å². The van der Waals surface area contributed by atoms with E-state index in [1.807, 2.05) is 0 Å². The van der Waals surface area contributed by atoms with Crippen molar-refractivity contribution in [3.05, 3.63) is 47.0 Å². The fourth-order valence-electron chi connectivity index (χ4n) is 2.92. The van der Waals surface area contributed by atoms with Crippen molar-refractivity contribution in [2.75, 3.05) is 19.8 Å². The quantitative estimate of drug-likeness (QED) is 0.308. The van der Waals surface area contributed by atoms with Crippen LogP contribution in [0.1, 0.15) is 43.7 Å². The van der Waals surface area contributed by atoms with Crippen LogP contribution < -0.4 is 38.4 Å². The van der Waals surface area contributed by atoms with Gasteiger partial charge in [-0.25, -0.2) is 0 Å². The molecular weight excluding hydrogens is 468 g/mol. The summed E-state index contributed by atoms with van der Waals surface area (Å²) in [6.45, 7) is 5.59. The molecule has 0 amide bonds. The Bertz CT molecular complexity index is 910. The van der Waals surface area contributed by atoms with Crippen molar-refractivity contribution in [3.63, 3.8) is 0 Å². The van der Waals surface area contributed by atoms with E-state index in [1.165, 1.54) is 12.1 Å². The Hall–Kier alpha value is -1.88. The molecule has 4 nitrogen and oxygen atoms in total. The largest absolute Gasteiger partial charge is 1.00 e. The summed E-state index contributed by atoms with van der Waals surface area (Å²) < 4.78 is 97.2. The average Bonchev–Trinajstić information content (AvgIpc) is 2.69. The van der Waals surface area contributed by atoms with Gasteiger partial charge >= 0.3 is 31.2 Å². The predicted octanol–water partition coefficient (Wildman–Crippen LogP) is 3.18. The van der Waals surface area contributed by atoms with E-state index in [2.05, 4.69) is 0 Å². The summed E-state index contributed by atoms with van der Waals surface area (Å²) in [5.74, 6) is 0.505. The van der Waals surface area contributed by atoms with Crippen molar-refractivity contribution < 1.29 is 65.6 Å². The summed E-state index contributed by atoms with van der Waals surface area (Å²) >= 11 is 0. The molecule has 12 heteroatoms. The standard InChI is InChI=1S/C21H21F6O4P.Li.H/c1-4-29-12-10-15(30-5-2)18(16(11-12)31-6-3)32-19(28)17-13(20(22,23)24)8-7-9-14(17)21(25,26)27;;/h7-11,32H,4-6H2,1-3H3;;/q;+1;-1. The molecule has 0 N–H and O–H groups in total. The fourth-order valence-corrected chi connectivity index (χ4v) is 4.08. The van der Waals surface area contributed by atoms with Crippen LogP contribution in [0.5, 0.6) is 17.2 Å². The van der Waals surface area contributed by atoms with Gasteiger partial charge < -0.3 is 15.6 Å². The zero-order valence-corrected chi connectivity index (χ0v) is 19.4. The Morgan fingerprint density at radius 1 is 0.848 bits per heavy atom. The van der Waals surface area contributed by atoms with Crippen LogP contribution in [0, 0.1) is 0 Å². The summed E-state index contributed by atoms with van der Waals surface area (Å²) in [6, 6.07) is 4.38. The van der Waals surface area contributed by atoms with Gasteiger partial charge in [0.1, 0.15) is 17.2 Å². The number of carbonyl (C=O) groups is 1. The SMILES string of the molecule is CCOc1cc(OCC)c(PC(=O)c2c(C(F)(F)F)cccc2C(F)(F)F)c(OCC)c1.[H-].[Li+]. The summed E-state index contributed by atoms with van der Waals surface area (Å²) in [4.78, 5) is 12.9. The monoisotopic (exact) mass is 490 g/mol. The van der Waals surface area contributed by atoms with Crippen LogP contribution >= 0.6 is 8.58 Å². The second-order valence-electron chi connectivity index (χ2n) is 6.27. The van der Waals surface area contributed by atoms with Gasteiger partial charge in [-0.15, -0.1) is 0 Å². The molecule has 0 radical (unpaired) electrons. The molecule has 0 saturated carbocycles. The molecule has 0 saturated heterocycles. The molecule has 1 atom stereocenters. The molecule has 0 spiro atoms. The number of hydrogen-bond donors (Lipinski definition) is 0. The molecule has 1 unspecified atom stereocenters. The molecule has 0 aliphatic carbocycles. The van der Waals surface area contributed by atoms with E-state index in [4.69, 9.17) is 14.2 Å². The number of benzene rings is 2. The first-order valence-corrected chi connectivity index (χ1v) is 10.6. The second-order valence-corrected chi connectivity index (χ2v) is 7.48. The molecule has 0 bridgehead atoms. The van der Waals surface area contributed by atoms with Gasteiger partial charge in [-0.3, -0.25) is 4.79 Å². The number of carbonyl (C=O) groups excluding carboxylic acids is 1.